The second kappa shape index (κ2) is 5.68. The molecule has 0 aromatic heterocycles. The van der Waals surface area contributed by atoms with E-state index in [1.807, 2.05) is 27.7 Å². The summed E-state index contributed by atoms with van der Waals surface area (Å²) in [7, 11) is 0. The third kappa shape index (κ3) is 2.47. The van der Waals surface area contributed by atoms with Crippen LogP contribution in [0.1, 0.15) is 50.1 Å². The maximum atomic E-state index is 10.2. The average molecular weight is 298 g/mol. The van der Waals surface area contributed by atoms with Gasteiger partial charge in [-0.2, -0.15) is 0 Å². The Hall–Kier alpha value is -1.96. The molecule has 2 rings (SSSR count). The molecular weight excluding hydrogens is 272 g/mol. The van der Waals surface area contributed by atoms with Crippen LogP contribution in [0.3, 0.4) is 0 Å². The fourth-order valence-electron chi connectivity index (χ4n) is 3.16. The van der Waals surface area contributed by atoms with Gasteiger partial charge in [-0.25, -0.2) is 0 Å². The van der Waals surface area contributed by atoms with E-state index in [0.717, 1.165) is 45.4 Å². The normalized spacial score (nSPS) is 11.0. The van der Waals surface area contributed by atoms with E-state index < -0.39 is 0 Å². The van der Waals surface area contributed by atoms with Crippen molar-refractivity contribution in [3.05, 3.63) is 56.1 Å². The van der Waals surface area contributed by atoms with Crippen molar-refractivity contribution in [2.75, 3.05) is 0 Å². The minimum atomic E-state index is 0.396. The molecule has 0 amide bonds. The summed E-state index contributed by atoms with van der Waals surface area (Å²) in [6.07, 6.45) is 0.827. The van der Waals surface area contributed by atoms with Gasteiger partial charge in [0.1, 0.15) is 11.5 Å². The highest BCUT2D eigenvalue weighted by Crippen LogP contribution is 2.35. The third-order valence-electron chi connectivity index (χ3n) is 5.27. The molecule has 0 unspecified atom stereocenters. The predicted molar refractivity (Wildman–Crippen MR) is 92.2 cm³/mol. The largest absolute Gasteiger partial charge is 0.507 e. The second-order valence-corrected chi connectivity index (χ2v) is 6.46. The quantitative estimate of drug-likeness (QED) is 0.832. The van der Waals surface area contributed by atoms with Crippen LogP contribution in [0.4, 0.5) is 0 Å². The molecule has 0 spiro atoms. The summed E-state index contributed by atoms with van der Waals surface area (Å²) in [5.41, 5.74) is 9.77. The van der Waals surface area contributed by atoms with Crippen LogP contribution >= 0.6 is 0 Å². The van der Waals surface area contributed by atoms with E-state index in [0.29, 0.717) is 11.5 Å². The number of aryl methyl sites for hydroxylation is 1. The van der Waals surface area contributed by atoms with Crippen LogP contribution in [0.2, 0.25) is 0 Å². The first-order valence-corrected chi connectivity index (χ1v) is 7.73. The highest BCUT2D eigenvalue weighted by molar-refractivity contribution is 5.56. The molecule has 0 saturated heterocycles. The molecule has 0 atom stereocenters. The van der Waals surface area contributed by atoms with Crippen LogP contribution in [0.25, 0.3) is 0 Å². The van der Waals surface area contributed by atoms with E-state index in [4.69, 9.17) is 0 Å². The smallest absolute Gasteiger partial charge is 0.121 e. The van der Waals surface area contributed by atoms with Gasteiger partial charge in [-0.15, -0.1) is 0 Å². The Morgan fingerprint density at radius 1 is 0.636 bits per heavy atom. The van der Waals surface area contributed by atoms with Crippen molar-refractivity contribution in [1.29, 1.82) is 0 Å². The van der Waals surface area contributed by atoms with Gasteiger partial charge in [0.25, 0.3) is 0 Å². The van der Waals surface area contributed by atoms with E-state index in [1.165, 1.54) is 11.1 Å². The van der Waals surface area contributed by atoms with Crippen molar-refractivity contribution in [2.45, 2.75) is 54.9 Å². The Bertz CT molecular complexity index is 726. The van der Waals surface area contributed by atoms with Gasteiger partial charge in [0.15, 0.2) is 0 Å². The first kappa shape index (κ1) is 16.4. The van der Waals surface area contributed by atoms with Gasteiger partial charge >= 0.3 is 0 Å². The molecule has 0 aliphatic carbocycles. The van der Waals surface area contributed by atoms with E-state index in [2.05, 4.69) is 26.8 Å². The summed E-state index contributed by atoms with van der Waals surface area (Å²) in [6.45, 7) is 14.1. The summed E-state index contributed by atoms with van der Waals surface area (Å²) in [5, 5.41) is 20.3. The third-order valence-corrected chi connectivity index (χ3v) is 5.27. The van der Waals surface area contributed by atoms with Crippen molar-refractivity contribution >= 4 is 0 Å². The topological polar surface area (TPSA) is 40.5 Å². The summed E-state index contributed by atoms with van der Waals surface area (Å²) < 4.78 is 0. The lowest BCUT2D eigenvalue weighted by Gasteiger charge is -2.19. The highest BCUT2D eigenvalue weighted by Gasteiger charge is 2.16. The number of hydrogen-bond acceptors (Lipinski definition) is 2. The van der Waals surface area contributed by atoms with Crippen molar-refractivity contribution in [3.63, 3.8) is 0 Å². The molecule has 2 N–H and O–H groups in total. The molecule has 0 fully saturated rings. The molecule has 2 aromatic carbocycles. The fraction of sp³-hybridized carbons (Fsp3) is 0.400. The summed E-state index contributed by atoms with van der Waals surface area (Å²) in [5.74, 6) is 0.807. The summed E-state index contributed by atoms with van der Waals surface area (Å²) in [4.78, 5) is 0. The van der Waals surface area contributed by atoms with E-state index in [-0.39, 0.29) is 0 Å². The Kier molecular flexibility index (Phi) is 4.23. The number of hydrogen-bond donors (Lipinski definition) is 2. The predicted octanol–water partition coefficient (Wildman–Crippen LogP) is 4.85. The fourth-order valence-corrected chi connectivity index (χ4v) is 3.16. The highest BCUT2D eigenvalue weighted by atomic mass is 16.3. The van der Waals surface area contributed by atoms with Crippen molar-refractivity contribution in [1.82, 2.24) is 0 Å². The molecule has 0 aliphatic rings. The molecule has 2 nitrogen and oxygen atoms in total. The zero-order chi connectivity index (χ0) is 16.8. The Morgan fingerprint density at radius 2 is 1.09 bits per heavy atom. The summed E-state index contributed by atoms with van der Waals surface area (Å²) >= 11 is 0. The number of phenolic OH excluding ortho intramolecular Hbond substituents is 2. The molecule has 0 heterocycles. The van der Waals surface area contributed by atoms with Gasteiger partial charge in [-0.3, -0.25) is 0 Å². The Labute approximate surface area is 133 Å². The Morgan fingerprint density at radius 3 is 1.59 bits per heavy atom. The maximum Gasteiger partial charge on any atom is 0.121 e. The van der Waals surface area contributed by atoms with Gasteiger partial charge < -0.3 is 10.2 Å². The molecule has 22 heavy (non-hydrogen) atoms. The SMILES string of the molecule is Cc1cc(Cc2c(C)c(C)c(O)c(C)c2C)c(C)c(C)c1O. The van der Waals surface area contributed by atoms with Gasteiger partial charge in [0.2, 0.25) is 0 Å². The minimum absolute atomic E-state index is 0.396. The van der Waals surface area contributed by atoms with Crippen LogP contribution in [0.15, 0.2) is 6.07 Å². The number of rotatable bonds is 2. The average Bonchev–Trinajstić information content (AvgIpc) is 2.50. The molecule has 0 saturated carbocycles. The van der Waals surface area contributed by atoms with Crippen molar-refractivity contribution in [2.24, 2.45) is 0 Å². The minimum Gasteiger partial charge on any atom is -0.507 e. The molecule has 2 aromatic rings. The molecule has 2 heteroatoms. The van der Waals surface area contributed by atoms with Gasteiger partial charge in [-0.1, -0.05) is 6.07 Å². The van der Waals surface area contributed by atoms with Crippen molar-refractivity contribution < 1.29 is 10.2 Å². The number of benzene rings is 2. The molecule has 0 aliphatic heterocycles. The van der Waals surface area contributed by atoms with Gasteiger partial charge in [0, 0.05) is 0 Å². The second-order valence-electron chi connectivity index (χ2n) is 6.46. The van der Waals surface area contributed by atoms with E-state index >= 15 is 0 Å². The zero-order valence-electron chi connectivity index (χ0n) is 14.7. The molecular formula is C20H26O2. The summed E-state index contributed by atoms with van der Waals surface area (Å²) in [6, 6.07) is 2.08. The lowest BCUT2D eigenvalue weighted by Crippen LogP contribution is -2.04. The maximum absolute atomic E-state index is 10.2. The number of aromatic hydroxyl groups is 2. The van der Waals surface area contributed by atoms with Crippen LogP contribution in [0, 0.1) is 48.5 Å². The van der Waals surface area contributed by atoms with Gasteiger partial charge in [0.05, 0.1) is 0 Å². The molecule has 0 bridgehead atoms. The van der Waals surface area contributed by atoms with Crippen LogP contribution in [-0.4, -0.2) is 10.2 Å². The first-order chi connectivity index (χ1) is 10.2. The van der Waals surface area contributed by atoms with Gasteiger partial charge in [-0.05, 0) is 105 Å². The van der Waals surface area contributed by atoms with E-state index in [9.17, 15) is 10.2 Å². The molecule has 118 valence electrons. The van der Waals surface area contributed by atoms with E-state index in [1.54, 1.807) is 0 Å². The lowest BCUT2D eigenvalue weighted by molar-refractivity contribution is 0.465. The van der Waals surface area contributed by atoms with Crippen LogP contribution in [-0.2, 0) is 6.42 Å². The lowest BCUT2D eigenvalue weighted by atomic mass is 9.87. The monoisotopic (exact) mass is 298 g/mol. The Balaban J connectivity index is 2.63. The standard InChI is InChI=1S/C20H26O2/c1-10-8-17(11(2)14(5)19(10)21)9-18-12(3)15(6)20(22)16(7)13(18)4/h8,21-22H,9H2,1-7H3. The van der Waals surface area contributed by atoms with Crippen LogP contribution in [0.5, 0.6) is 11.5 Å². The number of phenols is 2. The molecule has 0 radical (unpaired) electrons. The zero-order valence-corrected chi connectivity index (χ0v) is 14.7. The van der Waals surface area contributed by atoms with Crippen LogP contribution < -0.4 is 0 Å². The van der Waals surface area contributed by atoms with Crippen molar-refractivity contribution in [3.8, 4) is 11.5 Å². The first-order valence-electron chi connectivity index (χ1n) is 7.73.